The molecule has 0 rings (SSSR count). The third-order valence-corrected chi connectivity index (χ3v) is 8.28. The number of carbonyl (C=O) groups excluding carboxylic acids is 1. The average Bonchev–Trinajstić information content (AvgIpc) is 3.01. The van der Waals surface area contributed by atoms with E-state index in [0.29, 0.717) is 19.6 Å². The van der Waals surface area contributed by atoms with E-state index in [2.05, 4.69) is 38.2 Å². The second-order valence-electron chi connectivity index (χ2n) is 12.7. The minimum atomic E-state index is -0.527. The van der Waals surface area contributed by atoms with Gasteiger partial charge in [-0.05, 0) is 44.9 Å². The fourth-order valence-corrected chi connectivity index (χ4v) is 5.42. The molecule has 0 aliphatic rings. The van der Waals surface area contributed by atoms with Gasteiger partial charge in [0.15, 0.2) is 0 Å². The van der Waals surface area contributed by atoms with Crippen LogP contribution in [-0.2, 0) is 14.3 Å². The molecule has 1 N–H and O–H groups in total. The van der Waals surface area contributed by atoms with Crippen molar-refractivity contribution in [2.75, 3.05) is 19.8 Å². The zero-order valence-corrected chi connectivity index (χ0v) is 29.0. The lowest BCUT2D eigenvalue weighted by Crippen LogP contribution is -2.27. The second-order valence-corrected chi connectivity index (χ2v) is 12.7. The van der Waals surface area contributed by atoms with Gasteiger partial charge >= 0.3 is 5.97 Å². The molecule has 254 valence electrons. The molecule has 0 heterocycles. The molecule has 0 radical (unpaired) electrons. The van der Waals surface area contributed by atoms with Gasteiger partial charge in [0, 0.05) is 13.0 Å². The van der Waals surface area contributed by atoms with Crippen molar-refractivity contribution in [2.24, 2.45) is 0 Å². The Hall–Kier alpha value is -1.13. The van der Waals surface area contributed by atoms with Crippen molar-refractivity contribution >= 4 is 5.97 Å². The Morgan fingerprint density at radius 2 is 0.977 bits per heavy atom. The summed E-state index contributed by atoms with van der Waals surface area (Å²) in [6.45, 7) is 5.30. The third-order valence-electron chi connectivity index (χ3n) is 8.28. The molecule has 0 aliphatic heterocycles. The summed E-state index contributed by atoms with van der Waals surface area (Å²) in [7, 11) is 0. The predicted molar refractivity (Wildman–Crippen MR) is 187 cm³/mol. The van der Waals surface area contributed by atoms with Crippen LogP contribution in [0.25, 0.3) is 0 Å². The van der Waals surface area contributed by atoms with Crippen molar-refractivity contribution in [1.29, 1.82) is 0 Å². The SMILES string of the molecule is CCCCCCC/C=C\C/C=C\CCCCCCCCCCCCCCOCC(CO)OC(=O)CCCCCCCCC. The quantitative estimate of drug-likeness (QED) is 0.0443. The van der Waals surface area contributed by atoms with Gasteiger partial charge in [-0.2, -0.15) is 0 Å². The summed E-state index contributed by atoms with van der Waals surface area (Å²) in [6.07, 6.45) is 43.8. The monoisotopic (exact) mass is 607 g/mol. The summed E-state index contributed by atoms with van der Waals surface area (Å²) < 4.78 is 11.1. The molecule has 0 amide bonds. The smallest absolute Gasteiger partial charge is 0.306 e. The number of hydrogen-bond acceptors (Lipinski definition) is 4. The van der Waals surface area contributed by atoms with E-state index in [9.17, 15) is 9.90 Å². The Balaban J connectivity index is 3.35. The standard InChI is InChI=1S/C39H74O4/c1-3-5-7-9-11-12-13-14-15-16-17-18-19-20-21-22-23-24-25-26-27-29-31-33-35-42-37-38(36-40)43-39(41)34-32-30-28-10-8-6-4-2/h13-14,16-17,38,40H,3-12,15,18-37H2,1-2H3/b14-13-,17-16-. The van der Waals surface area contributed by atoms with E-state index in [1.54, 1.807) is 0 Å². The Kier molecular flexibility index (Phi) is 36.1. The first-order valence-corrected chi connectivity index (χ1v) is 18.9. The molecule has 1 atom stereocenters. The van der Waals surface area contributed by atoms with Gasteiger partial charge in [-0.25, -0.2) is 0 Å². The number of unbranched alkanes of at least 4 members (excludes halogenated alkanes) is 23. The zero-order valence-electron chi connectivity index (χ0n) is 29.0. The van der Waals surface area contributed by atoms with Gasteiger partial charge in [0.25, 0.3) is 0 Å². The molecule has 0 saturated carbocycles. The highest BCUT2D eigenvalue weighted by Crippen LogP contribution is 2.13. The van der Waals surface area contributed by atoms with Crippen molar-refractivity contribution in [2.45, 2.75) is 200 Å². The molecule has 0 aromatic carbocycles. The molecular weight excluding hydrogens is 532 g/mol. The molecule has 0 aliphatic carbocycles. The molecule has 1 unspecified atom stereocenters. The van der Waals surface area contributed by atoms with E-state index in [4.69, 9.17) is 9.47 Å². The van der Waals surface area contributed by atoms with Crippen LogP contribution in [0.5, 0.6) is 0 Å². The number of allylic oxidation sites excluding steroid dienone is 4. The fourth-order valence-electron chi connectivity index (χ4n) is 5.42. The molecule has 4 heteroatoms. The number of ether oxygens (including phenoxy) is 2. The number of esters is 1. The maximum absolute atomic E-state index is 12.0. The van der Waals surface area contributed by atoms with Gasteiger partial charge in [0.2, 0.25) is 0 Å². The van der Waals surface area contributed by atoms with E-state index in [1.807, 2.05) is 0 Å². The van der Waals surface area contributed by atoms with Gasteiger partial charge in [0.05, 0.1) is 13.2 Å². The van der Waals surface area contributed by atoms with Crippen LogP contribution in [0.15, 0.2) is 24.3 Å². The third kappa shape index (κ3) is 35.2. The maximum atomic E-state index is 12.0. The van der Waals surface area contributed by atoms with Crippen LogP contribution in [0.4, 0.5) is 0 Å². The van der Waals surface area contributed by atoms with Gasteiger partial charge in [0.1, 0.15) is 6.10 Å². The van der Waals surface area contributed by atoms with Crippen molar-refractivity contribution in [3.05, 3.63) is 24.3 Å². The largest absolute Gasteiger partial charge is 0.457 e. The molecule has 43 heavy (non-hydrogen) atoms. The van der Waals surface area contributed by atoms with Crippen LogP contribution in [0.3, 0.4) is 0 Å². The van der Waals surface area contributed by atoms with Crippen molar-refractivity contribution < 1.29 is 19.4 Å². The normalized spacial score (nSPS) is 12.5. The Morgan fingerprint density at radius 3 is 1.44 bits per heavy atom. The maximum Gasteiger partial charge on any atom is 0.306 e. The molecule has 0 saturated heterocycles. The Bertz CT molecular complexity index is 600. The summed E-state index contributed by atoms with van der Waals surface area (Å²) >= 11 is 0. The lowest BCUT2D eigenvalue weighted by Gasteiger charge is -2.15. The van der Waals surface area contributed by atoms with Crippen molar-refractivity contribution in [3.8, 4) is 0 Å². The first-order valence-electron chi connectivity index (χ1n) is 18.9. The first kappa shape index (κ1) is 41.9. The fraction of sp³-hybridized carbons (Fsp3) is 0.872. The lowest BCUT2D eigenvalue weighted by atomic mass is 10.0. The van der Waals surface area contributed by atoms with Crippen molar-refractivity contribution in [3.63, 3.8) is 0 Å². The second kappa shape index (κ2) is 37.1. The average molecular weight is 607 g/mol. The minimum absolute atomic E-state index is 0.169. The van der Waals surface area contributed by atoms with Crippen LogP contribution in [0.2, 0.25) is 0 Å². The van der Waals surface area contributed by atoms with Gasteiger partial charge in [-0.1, -0.05) is 167 Å². The van der Waals surface area contributed by atoms with Crippen LogP contribution in [-0.4, -0.2) is 37.0 Å². The van der Waals surface area contributed by atoms with Crippen LogP contribution in [0.1, 0.15) is 194 Å². The number of aliphatic hydroxyl groups excluding tert-OH is 1. The number of carbonyl (C=O) groups is 1. The molecular formula is C39H74O4. The summed E-state index contributed by atoms with van der Waals surface area (Å²) in [5.41, 5.74) is 0. The van der Waals surface area contributed by atoms with Gasteiger partial charge < -0.3 is 14.6 Å². The van der Waals surface area contributed by atoms with Crippen LogP contribution in [0, 0.1) is 0 Å². The summed E-state index contributed by atoms with van der Waals surface area (Å²) in [4.78, 5) is 12.0. The predicted octanol–water partition coefficient (Wildman–Crippen LogP) is 12.0. The van der Waals surface area contributed by atoms with E-state index in [1.165, 1.54) is 148 Å². The number of rotatable bonds is 35. The molecule has 0 aromatic rings. The number of hydrogen-bond donors (Lipinski definition) is 1. The molecule has 4 nitrogen and oxygen atoms in total. The Labute approximate surface area is 268 Å². The van der Waals surface area contributed by atoms with Crippen LogP contribution >= 0.6 is 0 Å². The van der Waals surface area contributed by atoms with Crippen LogP contribution < -0.4 is 0 Å². The minimum Gasteiger partial charge on any atom is -0.457 e. The van der Waals surface area contributed by atoms with E-state index < -0.39 is 6.10 Å². The highest BCUT2D eigenvalue weighted by molar-refractivity contribution is 5.69. The summed E-state index contributed by atoms with van der Waals surface area (Å²) in [5, 5.41) is 9.50. The van der Waals surface area contributed by atoms with Gasteiger partial charge in [-0.3, -0.25) is 4.79 Å². The first-order chi connectivity index (χ1) is 21.2. The molecule has 0 fully saturated rings. The molecule has 0 spiro atoms. The lowest BCUT2D eigenvalue weighted by molar-refractivity contribution is -0.154. The summed E-state index contributed by atoms with van der Waals surface area (Å²) in [6, 6.07) is 0. The number of aliphatic hydroxyl groups is 1. The van der Waals surface area contributed by atoms with E-state index in [0.717, 1.165) is 25.7 Å². The van der Waals surface area contributed by atoms with E-state index >= 15 is 0 Å². The molecule has 0 aromatic heterocycles. The van der Waals surface area contributed by atoms with E-state index in [-0.39, 0.29) is 12.6 Å². The highest BCUT2D eigenvalue weighted by Gasteiger charge is 2.13. The van der Waals surface area contributed by atoms with Gasteiger partial charge in [-0.15, -0.1) is 0 Å². The highest BCUT2D eigenvalue weighted by atomic mass is 16.6. The Morgan fingerprint density at radius 1 is 0.558 bits per heavy atom. The molecule has 0 bridgehead atoms. The van der Waals surface area contributed by atoms with Crippen molar-refractivity contribution in [1.82, 2.24) is 0 Å². The topological polar surface area (TPSA) is 55.8 Å². The zero-order chi connectivity index (χ0) is 31.3. The summed E-state index contributed by atoms with van der Waals surface area (Å²) in [5.74, 6) is -0.207.